The largest absolute Gasteiger partial charge is 0.315 e. The fourth-order valence-corrected chi connectivity index (χ4v) is 2.80. The Hall–Kier alpha value is -1.91. The van der Waals surface area contributed by atoms with Crippen molar-refractivity contribution in [3.63, 3.8) is 0 Å². The molecule has 0 aliphatic heterocycles. The van der Waals surface area contributed by atoms with Gasteiger partial charge in [0, 0.05) is 30.3 Å². The number of hydrogen-bond donors (Lipinski definition) is 0. The van der Waals surface area contributed by atoms with Gasteiger partial charge in [0.15, 0.2) is 0 Å². The predicted octanol–water partition coefficient (Wildman–Crippen LogP) is 3.45. The Morgan fingerprint density at radius 2 is 1.95 bits per heavy atom. The van der Waals surface area contributed by atoms with Crippen molar-refractivity contribution in [2.24, 2.45) is 5.92 Å². The summed E-state index contributed by atoms with van der Waals surface area (Å²) in [5.74, 6) is 0.224. The average molecular weight is 276 g/mol. The smallest absolute Gasteiger partial charge is 0.272 e. The van der Waals surface area contributed by atoms with Crippen LogP contribution in [0.25, 0.3) is 0 Å². The highest BCUT2D eigenvalue weighted by molar-refractivity contribution is 5.94. The second-order valence-electron chi connectivity index (χ2n) is 5.46. The van der Waals surface area contributed by atoms with E-state index in [4.69, 9.17) is 0 Å². The van der Waals surface area contributed by atoms with Gasteiger partial charge < -0.3 is 4.90 Å². The number of amides is 1. The molecule has 5 heteroatoms. The molecule has 1 fully saturated rings. The minimum atomic E-state index is -0.401. The summed E-state index contributed by atoms with van der Waals surface area (Å²) in [4.78, 5) is 24.5. The Bertz CT molecular complexity index is 522. The zero-order valence-corrected chi connectivity index (χ0v) is 12.0. The first-order valence-electron chi connectivity index (χ1n) is 7.03. The molecule has 0 radical (unpaired) electrons. The Balaban J connectivity index is 2.16. The fourth-order valence-electron chi connectivity index (χ4n) is 2.80. The number of nitro groups is 1. The Labute approximate surface area is 118 Å². The molecule has 0 spiro atoms. The van der Waals surface area contributed by atoms with Crippen molar-refractivity contribution < 1.29 is 9.72 Å². The molecule has 0 heterocycles. The van der Waals surface area contributed by atoms with Crippen LogP contribution in [0.1, 0.15) is 37.7 Å². The molecule has 2 rings (SSSR count). The number of hydrogen-bond acceptors (Lipinski definition) is 3. The van der Waals surface area contributed by atoms with Gasteiger partial charge in [0.2, 0.25) is 5.91 Å². The van der Waals surface area contributed by atoms with Crippen molar-refractivity contribution in [2.45, 2.75) is 39.0 Å². The maximum Gasteiger partial charge on any atom is 0.272 e. The number of rotatable bonds is 3. The summed E-state index contributed by atoms with van der Waals surface area (Å²) in [5.41, 5.74) is 1.40. The van der Waals surface area contributed by atoms with Crippen molar-refractivity contribution in [1.82, 2.24) is 0 Å². The van der Waals surface area contributed by atoms with E-state index in [-0.39, 0.29) is 17.5 Å². The maximum absolute atomic E-state index is 12.4. The third-order valence-corrected chi connectivity index (χ3v) is 4.05. The minimum absolute atomic E-state index is 0.0901. The number of carbonyl (C=O) groups is 1. The van der Waals surface area contributed by atoms with Crippen LogP contribution in [0, 0.1) is 23.0 Å². The van der Waals surface area contributed by atoms with E-state index in [0.717, 1.165) is 31.4 Å². The summed E-state index contributed by atoms with van der Waals surface area (Å²) in [5, 5.41) is 10.8. The molecule has 1 aromatic rings. The lowest BCUT2D eigenvalue weighted by atomic mass is 9.88. The van der Waals surface area contributed by atoms with E-state index in [1.165, 1.54) is 12.5 Å². The van der Waals surface area contributed by atoms with Gasteiger partial charge in [0.05, 0.1) is 4.92 Å². The van der Waals surface area contributed by atoms with Crippen LogP contribution in [0.5, 0.6) is 0 Å². The van der Waals surface area contributed by atoms with E-state index >= 15 is 0 Å². The lowest BCUT2D eigenvalue weighted by molar-refractivity contribution is -0.385. The molecule has 5 nitrogen and oxygen atoms in total. The first-order valence-corrected chi connectivity index (χ1v) is 7.03. The standard InChI is InChI=1S/C15H20N2O3/c1-11-10-13(8-9-14(11)17(19)20)16(2)15(18)12-6-4-3-5-7-12/h8-10,12H,3-7H2,1-2H3. The number of aryl methyl sites for hydroxylation is 1. The average Bonchev–Trinajstić information content (AvgIpc) is 2.46. The van der Waals surface area contributed by atoms with Gasteiger partial charge in [-0.05, 0) is 31.9 Å². The summed E-state index contributed by atoms with van der Waals surface area (Å²) in [6.07, 6.45) is 5.35. The van der Waals surface area contributed by atoms with Crippen LogP contribution in [0.4, 0.5) is 11.4 Å². The van der Waals surface area contributed by atoms with E-state index in [0.29, 0.717) is 5.56 Å². The molecule has 0 N–H and O–H groups in total. The van der Waals surface area contributed by atoms with E-state index < -0.39 is 4.92 Å². The molecular weight excluding hydrogens is 256 g/mol. The Kier molecular flexibility index (Phi) is 4.37. The van der Waals surface area contributed by atoms with Crippen LogP contribution in [0.3, 0.4) is 0 Å². The van der Waals surface area contributed by atoms with Crippen LogP contribution >= 0.6 is 0 Å². The molecule has 0 bridgehead atoms. The number of nitro benzene ring substituents is 1. The van der Waals surface area contributed by atoms with Crippen molar-refractivity contribution in [2.75, 3.05) is 11.9 Å². The summed E-state index contributed by atoms with van der Waals surface area (Å²) >= 11 is 0. The number of nitrogens with zero attached hydrogens (tertiary/aromatic N) is 2. The number of benzene rings is 1. The van der Waals surface area contributed by atoms with E-state index in [9.17, 15) is 14.9 Å². The summed E-state index contributed by atoms with van der Waals surface area (Å²) in [6.45, 7) is 1.69. The van der Waals surface area contributed by atoms with Gasteiger partial charge in [-0.1, -0.05) is 19.3 Å². The first kappa shape index (κ1) is 14.5. The van der Waals surface area contributed by atoms with Crippen molar-refractivity contribution in [3.05, 3.63) is 33.9 Å². The van der Waals surface area contributed by atoms with Crippen LogP contribution in [-0.4, -0.2) is 17.9 Å². The minimum Gasteiger partial charge on any atom is -0.315 e. The maximum atomic E-state index is 12.4. The number of anilines is 1. The quantitative estimate of drug-likeness (QED) is 0.627. The Morgan fingerprint density at radius 3 is 2.50 bits per heavy atom. The summed E-state index contributed by atoms with van der Waals surface area (Å²) in [7, 11) is 1.75. The molecule has 0 saturated heterocycles. The lowest BCUT2D eigenvalue weighted by Gasteiger charge is -2.26. The van der Waals surface area contributed by atoms with E-state index in [1.807, 2.05) is 0 Å². The molecule has 1 saturated carbocycles. The van der Waals surface area contributed by atoms with Gasteiger partial charge in [0.25, 0.3) is 5.69 Å². The molecule has 1 aliphatic rings. The monoisotopic (exact) mass is 276 g/mol. The SMILES string of the molecule is Cc1cc(N(C)C(=O)C2CCCCC2)ccc1[N+](=O)[O-]. The van der Waals surface area contributed by atoms with Gasteiger partial charge in [-0.25, -0.2) is 0 Å². The van der Waals surface area contributed by atoms with E-state index in [1.54, 1.807) is 31.0 Å². The van der Waals surface area contributed by atoms with Crippen molar-refractivity contribution in [1.29, 1.82) is 0 Å². The van der Waals surface area contributed by atoms with E-state index in [2.05, 4.69) is 0 Å². The normalized spacial score (nSPS) is 15.9. The molecule has 20 heavy (non-hydrogen) atoms. The van der Waals surface area contributed by atoms with Crippen molar-refractivity contribution in [3.8, 4) is 0 Å². The second kappa shape index (κ2) is 6.03. The van der Waals surface area contributed by atoms with Gasteiger partial charge >= 0.3 is 0 Å². The summed E-state index contributed by atoms with van der Waals surface area (Å²) < 4.78 is 0. The predicted molar refractivity (Wildman–Crippen MR) is 77.8 cm³/mol. The topological polar surface area (TPSA) is 63.5 Å². The summed E-state index contributed by atoms with van der Waals surface area (Å²) in [6, 6.07) is 4.82. The fraction of sp³-hybridized carbons (Fsp3) is 0.533. The van der Waals surface area contributed by atoms with Gasteiger partial charge in [0.1, 0.15) is 0 Å². The molecule has 1 amide bonds. The highest BCUT2D eigenvalue weighted by Crippen LogP contribution is 2.28. The van der Waals surface area contributed by atoms with Gasteiger partial charge in [-0.3, -0.25) is 14.9 Å². The zero-order valence-electron chi connectivity index (χ0n) is 12.0. The molecule has 108 valence electrons. The lowest BCUT2D eigenvalue weighted by Crippen LogP contribution is -2.33. The molecular formula is C15H20N2O3. The molecule has 1 aromatic carbocycles. The molecule has 0 atom stereocenters. The van der Waals surface area contributed by atoms with Crippen LogP contribution in [-0.2, 0) is 4.79 Å². The van der Waals surface area contributed by atoms with Crippen molar-refractivity contribution >= 4 is 17.3 Å². The van der Waals surface area contributed by atoms with Gasteiger partial charge in [-0.15, -0.1) is 0 Å². The highest BCUT2D eigenvalue weighted by Gasteiger charge is 2.25. The highest BCUT2D eigenvalue weighted by atomic mass is 16.6. The molecule has 0 aromatic heterocycles. The third kappa shape index (κ3) is 2.98. The van der Waals surface area contributed by atoms with Crippen LogP contribution in [0.2, 0.25) is 0 Å². The van der Waals surface area contributed by atoms with Crippen LogP contribution in [0.15, 0.2) is 18.2 Å². The zero-order chi connectivity index (χ0) is 14.7. The van der Waals surface area contributed by atoms with Crippen LogP contribution < -0.4 is 4.90 Å². The number of carbonyl (C=O) groups excluding carboxylic acids is 1. The Morgan fingerprint density at radius 1 is 1.30 bits per heavy atom. The molecule has 1 aliphatic carbocycles. The van der Waals surface area contributed by atoms with Gasteiger partial charge in [-0.2, -0.15) is 0 Å². The third-order valence-electron chi connectivity index (χ3n) is 4.05. The first-order chi connectivity index (χ1) is 9.50. The second-order valence-corrected chi connectivity index (χ2v) is 5.46. The molecule has 0 unspecified atom stereocenters.